The molecule has 13 heteroatoms. The third-order valence-electron chi connectivity index (χ3n) is 7.36. The van der Waals surface area contributed by atoms with Gasteiger partial charge in [-0.3, -0.25) is 9.59 Å². The van der Waals surface area contributed by atoms with Crippen LogP contribution in [0, 0.1) is 5.92 Å². The van der Waals surface area contributed by atoms with E-state index in [0.29, 0.717) is 34.1 Å². The van der Waals surface area contributed by atoms with Crippen molar-refractivity contribution < 1.29 is 36.7 Å². The number of hydrogen-bond acceptors (Lipinski definition) is 6. The fourth-order valence-corrected chi connectivity index (χ4v) is 5.03. The van der Waals surface area contributed by atoms with E-state index < -0.39 is 30.2 Å². The van der Waals surface area contributed by atoms with Gasteiger partial charge >= 0.3 is 12.2 Å². The lowest BCUT2D eigenvalue weighted by molar-refractivity contribution is -0.137. The number of nitrogens with zero attached hydrogens (tertiary/aromatic N) is 2. The van der Waals surface area contributed by atoms with Crippen LogP contribution in [-0.2, 0) is 24.1 Å². The van der Waals surface area contributed by atoms with E-state index in [1.165, 1.54) is 34.3 Å². The summed E-state index contributed by atoms with van der Waals surface area (Å²) in [6.45, 7) is 3.58. The van der Waals surface area contributed by atoms with Crippen molar-refractivity contribution in [2.45, 2.75) is 39.5 Å². The van der Waals surface area contributed by atoms with E-state index >= 15 is 0 Å². The molecule has 46 heavy (non-hydrogen) atoms. The molecule has 0 saturated heterocycles. The summed E-state index contributed by atoms with van der Waals surface area (Å²) in [5.74, 6) is 0.715. The normalized spacial score (nSPS) is 12.4. The minimum atomic E-state index is -4.59. The van der Waals surface area contributed by atoms with Gasteiger partial charge in [0, 0.05) is 23.8 Å². The van der Waals surface area contributed by atoms with Crippen LogP contribution < -0.4 is 20.2 Å². The van der Waals surface area contributed by atoms with E-state index in [0.717, 1.165) is 12.1 Å². The highest BCUT2D eigenvalue weighted by Gasteiger charge is 2.31. The molecule has 0 atom stereocenters. The smallest absolute Gasteiger partial charge is 0.416 e. The quantitative estimate of drug-likeness (QED) is 0.192. The molecule has 3 amide bonds. The van der Waals surface area contributed by atoms with Crippen LogP contribution in [0.5, 0.6) is 11.5 Å². The molecule has 0 saturated carbocycles. The molecule has 0 fully saturated rings. The van der Waals surface area contributed by atoms with Gasteiger partial charge in [0.15, 0.2) is 16.9 Å². The molecule has 2 heterocycles. The number of carbonyl (C=O) groups is 2. The Morgan fingerprint density at radius 3 is 2.52 bits per heavy atom. The Bertz CT molecular complexity index is 1810. The average Bonchev–Trinajstić information content (AvgIpc) is 3.48. The first-order valence-electron chi connectivity index (χ1n) is 14.5. The lowest BCUT2D eigenvalue weighted by atomic mass is 10.1. The minimum absolute atomic E-state index is 0.0375. The molecule has 5 rings (SSSR count). The topological polar surface area (TPSA) is 101 Å². The highest BCUT2D eigenvalue weighted by molar-refractivity contribution is 6.31. The first kappa shape index (κ1) is 32.7. The van der Waals surface area contributed by atoms with Crippen LogP contribution in [-0.4, -0.2) is 41.6 Å². The Hall–Kier alpha value is -4.71. The highest BCUT2D eigenvalue weighted by Crippen LogP contribution is 2.33. The summed E-state index contributed by atoms with van der Waals surface area (Å²) < 4.78 is 56.4. The molecule has 0 bridgehead atoms. The molecule has 0 unspecified atom stereocenters. The average molecular weight is 658 g/mol. The van der Waals surface area contributed by atoms with Crippen molar-refractivity contribution in [1.29, 1.82) is 0 Å². The molecular formula is C33H31ClF3N3O6. The number of carbonyl (C=O) groups excluding carboxylic acids is 2. The van der Waals surface area contributed by atoms with Gasteiger partial charge in [-0.05, 0) is 66.4 Å². The van der Waals surface area contributed by atoms with Crippen LogP contribution in [0.2, 0.25) is 5.02 Å². The molecule has 0 aliphatic carbocycles. The van der Waals surface area contributed by atoms with Crippen molar-refractivity contribution in [1.82, 2.24) is 9.80 Å². The largest absolute Gasteiger partial charge is 0.464 e. The summed E-state index contributed by atoms with van der Waals surface area (Å²) in [6.07, 6.45) is -2.78. The van der Waals surface area contributed by atoms with E-state index in [9.17, 15) is 27.6 Å². The van der Waals surface area contributed by atoms with Crippen LogP contribution in [0.4, 0.5) is 23.7 Å². The molecule has 1 aromatic heterocycles. The van der Waals surface area contributed by atoms with E-state index in [1.807, 2.05) is 13.8 Å². The fraction of sp³-hybridized carbons (Fsp3) is 0.303. The number of anilines is 1. The number of nitrogens with one attached hydrogen (secondary N) is 1. The number of halogens is 4. The standard InChI is InChI=1S/C33H31ClF3N3O6/c1-20(2)10-11-39(32(43)38-25-5-3-4-23(13-25)33(35,36)37)17-30(41)40(15-21-6-8-28-29(12-21)46-19-45-28)16-22-18-44-27-9-7-24(34)14-26(27)31(22)42/h3-9,12-14,18,20H,10-11,15-17,19H2,1-2H3,(H,38,43). The van der Waals surface area contributed by atoms with Crippen LogP contribution in [0.15, 0.2) is 76.1 Å². The van der Waals surface area contributed by atoms with Crippen molar-refractivity contribution in [3.05, 3.63) is 98.9 Å². The van der Waals surface area contributed by atoms with Gasteiger partial charge in [-0.25, -0.2) is 4.79 Å². The number of hydrogen-bond donors (Lipinski definition) is 1. The summed E-state index contributed by atoms with van der Waals surface area (Å²) >= 11 is 6.11. The Morgan fingerprint density at radius 2 is 1.76 bits per heavy atom. The summed E-state index contributed by atoms with van der Waals surface area (Å²) in [6, 6.07) is 13.4. The number of rotatable bonds is 10. The zero-order chi connectivity index (χ0) is 33.0. The second-order valence-electron chi connectivity index (χ2n) is 11.3. The van der Waals surface area contributed by atoms with Gasteiger partial charge in [0.1, 0.15) is 12.1 Å². The first-order valence-corrected chi connectivity index (χ1v) is 14.8. The maximum Gasteiger partial charge on any atom is 0.416 e. The predicted octanol–water partition coefficient (Wildman–Crippen LogP) is 7.30. The van der Waals surface area contributed by atoms with E-state index in [2.05, 4.69) is 5.32 Å². The number of urea groups is 1. The van der Waals surface area contributed by atoms with Crippen molar-refractivity contribution in [3.63, 3.8) is 0 Å². The van der Waals surface area contributed by atoms with Crippen molar-refractivity contribution >= 4 is 40.2 Å². The fourth-order valence-electron chi connectivity index (χ4n) is 4.86. The van der Waals surface area contributed by atoms with E-state index in [-0.39, 0.29) is 54.4 Å². The van der Waals surface area contributed by atoms with E-state index in [4.69, 9.17) is 25.5 Å². The predicted molar refractivity (Wildman–Crippen MR) is 166 cm³/mol. The first-order chi connectivity index (χ1) is 21.9. The summed E-state index contributed by atoms with van der Waals surface area (Å²) in [5, 5.41) is 3.09. The molecular weight excluding hydrogens is 627 g/mol. The summed E-state index contributed by atoms with van der Waals surface area (Å²) in [7, 11) is 0. The molecule has 1 aliphatic heterocycles. The number of fused-ring (bicyclic) bond motifs is 2. The molecule has 1 aliphatic rings. The van der Waals surface area contributed by atoms with Crippen LogP contribution >= 0.6 is 11.6 Å². The molecule has 4 aromatic rings. The van der Waals surface area contributed by atoms with Crippen molar-refractivity contribution in [2.75, 3.05) is 25.2 Å². The van der Waals surface area contributed by atoms with Crippen molar-refractivity contribution in [2.24, 2.45) is 5.92 Å². The van der Waals surface area contributed by atoms with Gasteiger partial charge in [-0.1, -0.05) is 37.6 Å². The Balaban J connectivity index is 1.42. The Labute approximate surface area is 267 Å². The van der Waals surface area contributed by atoms with Gasteiger partial charge in [0.05, 0.1) is 29.3 Å². The van der Waals surface area contributed by atoms with Crippen molar-refractivity contribution in [3.8, 4) is 11.5 Å². The zero-order valence-electron chi connectivity index (χ0n) is 25.0. The molecule has 0 radical (unpaired) electrons. The van der Waals surface area contributed by atoms with E-state index in [1.54, 1.807) is 30.3 Å². The number of ether oxygens (including phenoxy) is 2. The van der Waals surface area contributed by atoms with Gasteiger partial charge in [-0.2, -0.15) is 13.2 Å². The van der Waals surface area contributed by atoms with Gasteiger partial charge < -0.3 is 29.0 Å². The molecule has 0 spiro atoms. The number of alkyl halides is 3. The highest BCUT2D eigenvalue weighted by atomic mass is 35.5. The lowest BCUT2D eigenvalue weighted by Gasteiger charge is -2.28. The van der Waals surface area contributed by atoms with Gasteiger partial charge in [-0.15, -0.1) is 0 Å². The third-order valence-corrected chi connectivity index (χ3v) is 7.60. The molecule has 1 N–H and O–H groups in total. The van der Waals surface area contributed by atoms with Crippen LogP contribution in [0.1, 0.15) is 37.0 Å². The number of benzene rings is 3. The summed E-state index contributed by atoms with van der Waals surface area (Å²) in [4.78, 5) is 43.4. The van der Waals surface area contributed by atoms with Crippen LogP contribution in [0.3, 0.4) is 0 Å². The maximum atomic E-state index is 14.0. The Kier molecular flexibility index (Phi) is 9.76. The van der Waals surface area contributed by atoms with Crippen LogP contribution in [0.25, 0.3) is 11.0 Å². The SMILES string of the molecule is CC(C)CCN(CC(=O)N(Cc1ccc2c(c1)OCO2)Cc1coc2ccc(Cl)cc2c1=O)C(=O)Nc1cccc(C(F)(F)F)c1. The molecule has 242 valence electrons. The lowest BCUT2D eigenvalue weighted by Crippen LogP contribution is -2.45. The Morgan fingerprint density at radius 1 is 0.978 bits per heavy atom. The monoisotopic (exact) mass is 657 g/mol. The second kappa shape index (κ2) is 13.7. The van der Waals surface area contributed by atoms with Gasteiger partial charge in [0.25, 0.3) is 0 Å². The molecule has 9 nitrogen and oxygen atoms in total. The minimum Gasteiger partial charge on any atom is -0.464 e. The molecule has 3 aromatic carbocycles. The zero-order valence-corrected chi connectivity index (χ0v) is 25.8. The third kappa shape index (κ3) is 7.92. The maximum absolute atomic E-state index is 14.0. The number of amides is 3. The van der Waals surface area contributed by atoms with Gasteiger partial charge in [0.2, 0.25) is 12.7 Å². The summed E-state index contributed by atoms with van der Waals surface area (Å²) in [5.41, 5.74) is -0.157. The second-order valence-corrected chi connectivity index (χ2v) is 11.7.